The Morgan fingerprint density at radius 2 is 1.60 bits per heavy atom. The standard InChI is InChI=1S/C32H27FN4O4S/c33-24-10-12-25(13-11-24)34-32(41)36-35-29-27-20-26(42-19-17-22-6-8-23(9-7-22)31(39)40)14-15-28(27)37(30(29)38)18-16-21-4-2-1-3-5-21/h1-15,20,38H,16-19H2,(H,34,41)(H,39,40). The number of carbonyl (C=O) groups is 2. The number of carboxylic acids is 1. The number of fused-ring (bicyclic) bond motifs is 1. The molecule has 1 heterocycles. The maximum Gasteiger partial charge on any atom is 0.364 e. The van der Waals surface area contributed by atoms with Crippen LogP contribution in [0.15, 0.2) is 112 Å². The number of halogens is 1. The lowest BCUT2D eigenvalue weighted by atomic mass is 10.1. The molecule has 4 aromatic carbocycles. The van der Waals surface area contributed by atoms with Gasteiger partial charge in [-0.3, -0.25) is 0 Å². The van der Waals surface area contributed by atoms with E-state index in [0.717, 1.165) is 33.7 Å². The SMILES string of the molecule is O=C(N=Nc1c(O)n(CCc2ccccc2)c2ccc(SCCc3ccc(C(=O)O)cc3)cc12)Nc1ccc(F)cc1. The molecule has 10 heteroatoms. The maximum atomic E-state index is 13.2. The van der Waals surface area contributed by atoms with Gasteiger partial charge in [-0.05, 0) is 78.6 Å². The molecule has 5 rings (SSSR count). The van der Waals surface area contributed by atoms with Crippen LogP contribution in [0.1, 0.15) is 21.5 Å². The van der Waals surface area contributed by atoms with Crippen LogP contribution in [0.4, 0.5) is 20.6 Å². The number of aromatic nitrogens is 1. The fourth-order valence-corrected chi connectivity index (χ4v) is 5.42. The van der Waals surface area contributed by atoms with Crippen molar-refractivity contribution in [3.63, 3.8) is 0 Å². The van der Waals surface area contributed by atoms with Crippen molar-refractivity contribution in [3.8, 4) is 5.88 Å². The Morgan fingerprint density at radius 1 is 0.881 bits per heavy atom. The van der Waals surface area contributed by atoms with E-state index in [9.17, 15) is 19.1 Å². The zero-order valence-electron chi connectivity index (χ0n) is 22.4. The molecule has 8 nitrogen and oxygen atoms in total. The number of thioether (sulfide) groups is 1. The van der Waals surface area contributed by atoms with E-state index in [2.05, 4.69) is 15.5 Å². The topological polar surface area (TPSA) is 116 Å². The third-order valence-corrected chi connectivity index (χ3v) is 7.64. The summed E-state index contributed by atoms with van der Waals surface area (Å²) in [6.07, 6.45) is 1.42. The number of azo groups is 1. The molecule has 5 aromatic rings. The number of benzene rings is 4. The van der Waals surface area contributed by atoms with E-state index in [-0.39, 0.29) is 17.1 Å². The smallest absolute Gasteiger partial charge is 0.364 e. The molecule has 0 aliphatic heterocycles. The lowest BCUT2D eigenvalue weighted by Crippen LogP contribution is -2.05. The normalized spacial score (nSPS) is 11.3. The molecular weight excluding hydrogens is 555 g/mol. The zero-order valence-corrected chi connectivity index (χ0v) is 23.2. The highest BCUT2D eigenvalue weighted by Gasteiger charge is 2.18. The van der Waals surface area contributed by atoms with Gasteiger partial charge in [0, 0.05) is 28.3 Å². The van der Waals surface area contributed by atoms with Crippen LogP contribution < -0.4 is 5.32 Å². The molecule has 2 amide bonds. The highest BCUT2D eigenvalue weighted by Crippen LogP contribution is 2.41. The Morgan fingerprint density at radius 3 is 2.31 bits per heavy atom. The van der Waals surface area contributed by atoms with E-state index in [1.807, 2.05) is 60.7 Å². The van der Waals surface area contributed by atoms with Crippen molar-refractivity contribution >= 4 is 46.0 Å². The van der Waals surface area contributed by atoms with Gasteiger partial charge in [0.25, 0.3) is 0 Å². The van der Waals surface area contributed by atoms with Crippen LogP contribution in [0.5, 0.6) is 5.88 Å². The molecular formula is C32H27FN4O4S. The first-order valence-electron chi connectivity index (χ1n) is 13.2. The van der Waals surface area contributed by atoms with Crippen LogP contribution >= 0.6 is 11.8 Å². The van der Waals surface area contributed by atoms with E-state index in [0.29, 0.717) is 24.0 Å². The van der Waals surface area contributed by atoms with E-state index in [1.165, 1.54) is 24.3 Å². The van der Waals surface area contributed by atoms with E-state index in [1.54, 1.807) is 28.5 Å². The van der Waals surface area contributed by atoms with E-state index < -0.39 is 17.8 Å². The monoisotopic (exact) mass is 582 g/mol. The van der Waals surface area contributed by atoms with Crippen molar-refractivity contribution in [3.05, 3.63) is 120 Å². The second-order valence-corrected chi connectivity index (χ2v) is 10.6. The number of aryl methyl sites for hydroxylation is 3. The predicted octanol–water partition coefficient (Wildman–Crippen LogP) is 8.08. The summed E-state index contributed by atoms with van der Waals surface area (Å²) in [6.45, 7) is 0.489. The fourth-order valence-electron chi connectivity index (χ4n) is 4.48. The van der Waals surface area contributed by atoms with Crippen molar-refractivity contribution in [2.75, 3.05) is 11.1 Å². The molecule has 0 aliphatic carbocycles. The first-order chi connectivity index (χ1) is 20.4. The Labute approximate surface area is 245 Å². The summed E-state index contributed by atoms with van der Waals surface area (Å²) in [7, 11) is 0. The number of nitrogens with one attached hydrogen (secondary N) is 1. The summed E-state index contributed by atoms with van der Waals surface area (Å²) < 4.78 is 14.9. The average Bonchev–Trinajstić information content (AvgIpc) is 3.26. The lowest BCUT2D eigenvalue weighted by molar-refractivity contribution is 0.0697. The molecule has 0 bridgehead atoms. The lowest BCUT2D eigenvalue weighted by Gasteiger charge is -2.08. The predicted molar refractivity (Wildman–Crippen MR) is 162 cm³/mol. The largest absolute Gasteiger partial charge is 0.493 e. The number of hydrogen-bond acceptors (Lipinski definition) is 5. The summed E-state index contributed by atoms with van der Waals surface area (Å²) in [5.74, 6) is -0.730. The van der Waals surface area contributed by atoms with Gasteiger partial charge in [-0.2, -0.15) is 0 Å². The van der Waals surface area contributed by atoms with Gasteiger partial charge in [0.2, 0.25) is 5.88 Å². The molecule has 212 valence electrons. The summed E-state index contributed by atoms with van der Waals surface area (Å²) in [6, 6.07) is 27.1. The molecule has 0 spiro atoms. The fraction of sp³-hybridized carbons (Fsp3) is 0.125. The van der Waals surface area contributed by atoms with Crippen molar-refractivity contribution in [1.29, 1.82) is 0 Å². The summed E-state index contributed by atoms with van der Waals surface area (Å²) >= 11 is 1.61. The number of carboxylic acid groups (broad SMARTS) is 1. The van der Waals surface area contributed by atoms with E-state index in [4.69, 9.17) is 5.11 Å². The quantitative estimate of drug-likeness (QED) is 0.114. The molecule has 0 saturated heterocycles. The van der Waals surface area contributed by atoms with Gasteiger partial charge in [-0.1, -0.05) is 47.6 Å². The third-order valence-electron chi connectivity index (χ3n) is 6.64. The number of aromatic carboxylic acids is 1. The second kappa shape index (κ2) is 13.1. The summed E-state index contributed by atoms with van der Waals surface area (Å²) in [5.41, 5.74) is 3.70. The summed E-state index contributed by atoms with van der Waals surface area (Å²) in [4.78, 5) is 24.5. The second-order valence-electron chi connectivity index (χ2n) is 9.48. The Balaban J connectivity index is 1.37. The Bertz CT molecular complexity index is 1740. The first kappa shape index (κ1) is 28.6. The molecule has 0 fully saturated rings. The number of rotatable bonds is 10. The number of amides is 2. The van der Waals surface area contributed by atoms with Crippen molar-refractivity contribution in [2.45, 2.75) is 24.3 Å². The minimum absolute atomic E-state index is 0.0973. The van der Waals surface area contributed by atoms with Gasteiger partial charge in [-0.15, -0.1) is 16.9 Å². The number of carbonyl (C=O) groups excluding carboxylic acids is 1. The number of hydrogen-bond donors (Lipinski definition) is 3. The maximum absolute atomic E-state index is 13.2. The number of nitrogens with zero attached hydrogens (tertiary/aromatic N) is 3. The zero-order chi connectivity index (χ0) is 29.5. The number of urea groups is 1. The molecule has 0 saturated carbocycles. The summed E-state index contributed by atoms with van der Waals surface area (Å²) in [5, 5.41) is 31.4. The van der Waals surface area contributed by atoms with Gasteiger partial charge in [-0.25, -0.2) is 14.0 Å². The molecule has 0 radical (unpaired) electrons. The van der Waals surface area contributed by atoms with Crippen molar-refractivity contribution in [1.82, 2.24) is 4.57 Å². The van der Waals surface area contributed by atoms with Gasteiger partial charge in [0.05, 0.1) is 11.1 Å². The Hall–Kier alpha value is -4.96. The molecule has 0 aliphatic rings. The van der Waals surface area contributed by atoms with Crippen molar-refractivity contribution < 1.29 is 24.2 Å². The molecule has 42 heavy (non-hydrogen) atoms. The van der Waals surface area contributed by atoms with Gasteiger partial charge >= 0.3 is 12.0 Å². The van der Waals surface area contributed by atoms with Crippen LogP contribution in [0.25, 0.3) is 10.9 Å². The first-order valence-corrected chi connectivity index (χ1v) is 14.2. The van der Waals surface area contributed by atoms with Gasteiger partial charge < -0.3 is 20.1 Å². The van der Waals surface area contributed by atoms with Crippen molar-refractivity contribution in [2.24, 2.45) is 10.2 Å². The highest BCUT2D eigenvalue weighted by atomic mass is 32.2. The van der Waals surface area contributed by atoms with Crippen LogP contribution in [0.2, 0.25) is 0 Å². The minimum Gasteiger partial charge on any atom is -0.493 e. The molecule has 0 unspecified atom stereocenters. The highest BCUT2D eigenvalue weighted by molar-refractivity contribution is 7.99. The van der Waals surface area contributed by atoms with Gasteiger partial charge in [0.15, 0.2) is 5.69 Å². The van der Waals surface area contributed by atoms with Gasteiger partial charge in [0.1, 0.15) is 5.82 Å². The molecule has 0 atom stereocenters. The van der Waals surface area contributed by atoms with Crippen LogP contribution in [-0.2, 0) is 19.4 Å². The number of aromatic hydroxyl groups is 1. The number of anilines is 1. The van der Waals surface area contributed by atoms with Crippen LogP contribution in [0, 0.1) is 5.82 Å². The van der Waals surface area contributed by atoms with E-state index >= 15 is 0 Å². The van der Waals surface area contributed by atoms with Crippen LogP contribution in [-0.4, -0.2) is 32.5 Å². The minimum atomic E-state index is -0.955. The third kappa shape index (κ3) is 7.02. The molecule has 1 aromatic heterocycles. The Kier molecular flexibility index (Phi) is 8.93. The average molecular weight is 583 g/mol. The molecule has 3 N–H and O–H groups in total. The van der Waals surface area contributed by atoms with Crippen LogP contribution in [0.3, 0.4) is 0 Å².